The van der Waals surface area contributed by atoms with Crippen molar-refractivity contribution >= 4 is 18.2 Å². The molecule has 0 amide bonds. The minimum Gasteiger partial charge on any atom is -0.465 e. The summed E-state index contributed by atoms with van der Waals surface area (Å²) >= 11 is 5.64. The second kappa shape index (κ2) is 9.40. The molecule has 0 fully saturated rings. The number of benzene rings is 1. The molecule has 2 heterocycles. The van der Waals surface area contributed by atoms with Crippen molar-refractivity contribution in [3.8, 4) is 11.4 Å². The number of hydrogen-bond acceptors (Lipinski definition) is 6. The summed E-state index contributed by atoms with van der Waals surface area (Å²) in [6.45, 7) is 5.59. The van der Waals surface area contributed by atoms with Gasteiger partial charge >= 0.3 is 5.97 Å². The van der Waals surface area contributed by atoms with Gasteiger partial charge in [-0.15, -0.1) is 6.58 Å². The van der Waals surface area contributed by atoms with E-state index in [2.05, 4.69) is 16.5 Å². The summed E-state index contributed by atoms with van der Waals surface area (Å²) in [6.07, 6.45) is 5.30. The average molecular weight is 410 g/mol. The van der Waals surface area contributed by atoms with Crippen LogP contribution in [-0.2, 0) is 24.5 Å². The van der Waals surface area contributed by atoms with Crippen LogP contribution in [0.3, 0.4) is 0 Å². The van der Waals surface area contributed by atoms with Crippen molar-refractivity contribution in [3.05, 3.63) is 77.3 Å². The van der Waals surface area contributed by atoms with Gasteiger partial charge in [0.05, 0.1) is 19.3 Å². The summed E-state index contributed by atoms with van der Waals surface area (Å²) in [6, 6.07) is 11.2. The molecule has 1 aromatic carbocycles. The van der Waals surface area contributed by atoms with Crippen LogP contribution in [0.1, 0.15) is 15.9 Å². The van der Waals surface area contributed by atoms with Crippen LogP contribution in [0.2, 0.25) is 0 Å². The lowest BCUT2D eigenvalue weighted by molar-refractivity contribution is 0.0600. The van der Waals surface area contributed by atoms with Gasteiger partial charge in [-0.05, 0) is 49.1 Å². The van der Waals surface area contributed by atoms with Gasteiger partial charge in [-0.25, -0.2) is 9.48 Å². The van der Waals surface area contributed by atoms with Gasteiger partial charge in [-0.3, -0.25) is 14.5 Å². The maximum atomic E-state index is 11.6. The Labute approximate surface area is 174 Å². The number of aromatic nitrogens is 4. The van der Waals surface area contributed by atoms with Crippen molar-refractivity contribution in [3.63, 3.8) is 0 Å². The van der Waals surface area contributed by atoms with Crippen LogP contribution in [0.15, 0.2) is 61.4 Å². The molecule has 0 bridgehead atoms. The molecule has 8 heteroatoms. The first kappa shape index (κ1) is 20.6. The molecule has 3 aromatic rings. The van der Waals surface area contributed by atoms with Gasteiger partial charge in [0.15, 0.2) is 10.6 Å². The van der Waals surface area contributed by atoms with Crippen LogP contribution in [0.5, 0.6) is 0 Å². The topological polar surface area (TPSA) is 65.2 Å². The summed E-state index contributed by atoms with van der Waals surface area (Å²) in [5.41, 5.74) is 2.51. The highest BCUT2D eigenvalue weighted by molar-refractivity contribution is 7.71. The molecule has 0 unspecified atom stereocenters. The number of carbonyl (C=O) groups is 1. The first-order valence-corrected chi connectivity index (χ1v) is 9.49. The maximum Gasteiger partial charge on any atom is 0.337 e. The zero-order valence-electron chi connectivity index (χ0n) is 16.5. The number of hydrogen-bond donors (Lipinski definition) is 0. The minimum atomic E-state index is -0.341. The Morgan fingerprint density at radius 1 is 1.31 bits per heavy atom. The van der Waals surface area contributed by atoms with Gasteiger partial charge in [0.1, 0.15) is 0 Å². The number of ether oxygens (including phenoxy) is 1. The SMILES string of the molecule is C=CCn1c(-c2cccnc2)nn(CN(C)Cc2ccc(C(=O)OC)cc2)c1=S. The lowest BCUT2D eigenvalue weighted by Gasteiger charge is -2.16. The molecule has 7 nitrogen and oxygen atoms in total. The van der Waals surface area contributed by atoms with E-state index in [9.17, 15) is 4.79 Å². The van der Waals surface area contributed by atoms with Crippen LogP contribution < -0.4 is 0 Å². The van der Waals surface area contributed by atoms with E-state index in [0.717, 1.165) is 17.0 Å². The van der Waals surface area contributed by atoms with Crippen molar-refractivity contribution in [1.29, 1.82) is 0 Å². The maximum absolute atomic E-state index is 11.6. The number of rotatable bonds is 8. The van der Waals surface area contributed by atoms with E-state index in [0.29, 0.717) is 30.1 Å². The Hall–Kier alpha value is -3.10. The molecule has 0 aliphatic rings. The average Bonchev–Trinajstić information content (AvgIpc) is 3.04. The highest BCUT2D eigenvalue weighted by atomic mass is 32.1. The molecule has 3 rings (SSSR count). The van der Waals surface area contributed by atoms with Crippen LogP contribution in [0, 0.1) is 4.77 Å². The van der Waals surface area contributed by atoms with Crippen molar-refractivity contribution < 1.29 is 9.53 Å². The first-order chi connectivity index (χ1) is 14.0. The van der Waals surface area contributed by atoms with Crippen molar-refractivity contribution in [2.45, 2.75) is 19.8 Å². The Morgan fingerprint density at radius 2 is 2.07 bits per heavy atom. The molecule has 0 radical (unpaired) electrons. The lowest BCUT2D eigenvalue weighted by Crippen LogP contribution is -2.22. The standard InChI is InChI=1S/C21H23N5O2S/c1-4-12-25-19(18-6-5-11-22-13-18)23-26(21(25)29)15-24(2)14-16-7-9-17(10-8-16)20(27)28-3/h4-11,13H,1,12,14-15H2,2-3H3. The van der Waals surface area contributed by atoms with E-state index >= 15 is 0 Å². The largest absolute Gasteiger partial charge is 0.465 e. The predicted molar refractivity (Wildman–Crippen MR) is 114 cm³/mol. The van der Waals surface area contributed by atoms with Crippen LogP contribution in [-0.4, -0.2) is 44.4 Å². The number of esters is 1. The van der Waals surface area contributed by atoms with Gasteiger partial charge in [0.25, 0.3) is 0 Å². The van der Waals surface area contributed by atoms with Crippen LogP contribution >= 0.6 is 12.2 Å². The molecule has 0 atom stereocenters. The molecule has 0 spiro atoms. The van der Waals surface area contributed by atoms with Gasteiger partial charge in [0.2, 0.25) is 0 Å². The fourth-order valence-corrected chi connectivity index (χ4v) is 3.25. The zero-order chi connectivity index (χ0) is 20.8. The van der Waals surface area contributed by atoms with Crippen LogP contribution in [0.25, 0.3) is 11.4 Å². The Kier molecular flexibility index (Phi) is 6.69. The normalized spacial score (nSPS) is 10.9. The van der Waals surface area contributed by atoms with E-state index < -0.39 is 0 Å². The third kappa shape index (κ3) is 4.85. The Morgan fingerprint density at radius 3 is 2.69 bits per heavy atom. The van der Waals surface area contributed by atoms with Crippen molar-refractivity contribution in [1.82, 2.24) is 24.2 Å². The highest BCUT2D eigenvalue weighted by Crippen LogP contribution is 2.18. The molecular weight excluding hydrogens is 386 g/mol. The molecule has 0 saturated carbocycles. The monoisotopic (exact) mass is 409 g/mol. The Bertz CT molecular complexity index is 1040. The molecule has 0 aliphatic heterocycles. The Balaban J connectivity index is 1.78. The fraction of sp³-hybridized carbons (Fsp3) is 0.238. The summed E-state index contributed by atoms with van der Waals surface area (Å²) in [5, 5.41) is 4.71. The number of pyridine rings is 1. The molecule has 0 aliphatic carbocycles. The third-order valence-corrected chi connectivity index (χ3v) is 4.79. The predicted octanol–water partition coefficient (Wildman–Crippen LogP) is 3.54. The second-order valence-corrected chi connectivity index (χ2v) is 6.96. The minimum absolute atomic E-state index is 0.341. The van der Waals surface area contributed by atoms with E-state index in [1.807, 2.05) is 35.9 Å². The zero-order valence-corrected chi connectivity index (χ0v) is 17.3. The van der Waals surface area contributed by atoms with Crippen LogP contribution in [0.4, 0.5) is 0 Å². The molecule has 29 heavy (non-hydrogen) atoms. The number of nitrogens with zero attached hydrogens (tertiary/aromatic N) is 5. The molecular formula is C21H23N5O2S. The number of methoxy groups -OCH3 is 1. The molecule has 2 aromatic heterocycles. The smallest absolute Gasteiger partial charge is 0.337 e. The summed E-state index contributed by atoms with van der Waals surface area (Å²) in [4.78, 5) is 17.8. The van der Waals surface area contributed by atoms with Gasteiger partial charge < -0.3 is 4.74 Å². The highest BCUT2D eigenvalue weighted by Gasteiger charge is 2.13. The molecule has 0 saturated heterocycles. The van der Waals surface area contributed by atoms with Gasteiger partial charge in [0, 0.05) is 31.0 Å². The summed E-state index contributed by atoms with van der Waals surface area (Å²) in [7, 11) is 3.37. The second-order valence-electron chi connectivity index (χ2n) is 6.59. The lowest BCUT2D eigenvalue weighted by atomic mass is 10.1. The van der Waals surface area contributed by atoms with E-state index in [-0.39, 0.29) is 5.97 Å². The summed E-state index contributed by atoms with van der Waals surface area (Å²) in [5.74, 6) is 0.422. The number of carbonyl (C=O) groups excluding carboxylic acids is 1. The van der Waals surface area contributed by atoms with E-state index in [1.165, 1.54) is 7.11 Å². The van der Waals surface area contributed by atoms with Gasteiger partial charge in [-0.1, -0.05) is 18.2 Å². The molecule has 0 N–H and O–H groups in total. The van der Waals surface area contributed by atoms with Crippen molar-refractivity contribution in [2.24, 2.45) is 0 Å². The fourth-order valence-electron chi connectivity index (χ4n) is 2.99. The van der Waals surface area contributed by atoms with Crippen molar-refractivity contribution in [2.75, 3.05) is 14.2 Å². The van der Waals surface area contributed by atoms with E-state index in [1.54, 1.807) is 35.3 Å². The van der Waals surface area contributed by atoms with Gasteiger partial charge in [-0.2, -0.15) is 5.10 Å². The quantitative estimate of drug-likeness (QED) is 0.322. The molecule has 150 valence electrons. The summed E-state index contributed by atoms with van der Waals surface area (Å²) < 4.78 is 9.09. The number of allylic oxidation sites excluding steroid dienone is 1. The third-order valence-electron chi connectivity index (χ3n) is 4.36. The first-order valence-electron chi connectivity index (χ1n) is 9.08. The van der Waals surface area contributed by atoms with E-state index in [4.69, 9.17) is 22.1 Å².